The van der Waals surface area contributed by atoms with Crippen molar-refractivity contribution in [1.29, 1.82) is 0 Å². The number of carbonyl (C=O) groups excluding carboxylic acids is 1. The third-order valence-electron chi connectivity index (χ3n) is 2.52. The SMILES string of the molecule is CCOC(=O)C(C)CNC(CC)c1nccs1. The van der Waals surface area contributed by atoms with Crippen molar-refractivity contribution in [1.82, 2.24) is 10.3 Å². The first kappa shape index (κ1) is 14.1. The lowest BCUT2D eigenvalue weighted by Crippen LogP contribution is -2.30. The summed E-state index contributed by atoms with van der Waals surface area (Å²) in [4.78, 5) is 15.7. The van der Waals surface area contributed by atoms with Gasteiger partial charge >= 0.3 is 5.97 Å². The van der Waals surface area contributed by atoms with Gasteiger partial charge in [0.1, 0.15) is 5.01 Å². The van der Waals surface area contributed by atoms with Crippen LogP contribution in [0.3, 0.4) is 0 Å². The first-order valence-corrected chi connectivity index (χ1v) is 6.86. The Labute approximate surface area is 106 Å². The number of aromatic nitrogens is 1. The Morgan fingerprint density at radius 3 is 2.88 bits per heavy atom. The fourth-order valence-corrected chi connectivity index (χ4v) is 2.30. The highest BCUT2D eigenvalue weighted by Crippen LogP contribution is 2.18. The molecule has 2 atom stereocenters. The predicted octanol–water partition coefficient (Wildman–Crippen LogP) is 2.38. The molecule has 0 saturated carbocycles. The van der Waals surface area contributed by atoms with Crippen LogP contribution in [0.1, 0.15) is 38.2 Å². The molecule has 1 N–H and O–H groups in total. The van der Waals surface area contributed by atoms with E-state index in [4.69, 9.17) is 4.74 Å². The van der Waals surface area contributed by atoms with Gasteiger partial charge in [-0.1, -0.05) is 13.8 Å². The van der Waals surface area contributed by atoms with Crippen LogP contribution in [-0.4, -0.2) is 24.1 Å². The minimum Gasteiger partial charge on any atom is -0.466 e. The molecule has 0 aliphatic heterocycles. The first-order valence-electron chi connectivity index (χ1n) is 5.98. The summed E-state index contributed by atoms with van der Waals surface area (Å²) in [5.41, 5.74) is 0. The average Bonchev–Trinajstić information content (AvgIpc) is 2.83. The highest BCUT2D eigenvalue weighted by Gasteiger charge is 2.17. The van der Waals surface area contributed by atoms with E-state index in [2.05, 4.69) is 17.2 Å². The highest BCUT2D eigenvalue weighted by molar-refractivity contribution is 7.09. The minimum absolute atomic E-state index is 0.121. The van der Waals surface area contributed by atoms with Gasteiger partial charge in [0.2, 0.25) is 0 Å². The summed E-state index contributed by atoms with van der Waals surface area (Å²) in [6.07, 6.45) is 2.77. The fraction of sp³-hybridized carbons (Fsp3) is 0.667. The quantitative estimate of drug-likeness (QED) is 0.761. The van der Waals surface area contributed by atoms with Crippen LogP contribution in [0.2, 0.25) is 0 Å². The second kappa shape index (κ2) is 7.40. The molecular weight excluding hydrogens is 236 g/mol. The first-order chi connectivity index (χ1) is 8.19. The van der Waals surface area contributed by atoms with Gasteiger partial charge in [0.25, 0.3) is 0 Å². The lowest BCUT2D eigenvalue weighted by Gasteiger charge is -2.17. The molecule has 0 spiro atoms. The largest absolute Gasteiger partial charge is 0.466 e. The van der Waals surface area contributed by atoms with Gasteiger partial charge in [0, 0.05) is 18.1 Å². The number of hydrogen-bond donors (Lipinski definition) is 1. The van der Waals surface area contributed by atoms with Crippen molar-refractivity contribution >= 4 is 17.3 Å². The Morgan fingerprint density at radius 2 is 2.35 bits per heavy atom. The second-order valence-electron chi connectivity index (χ2n) is 3.89. The molecule has 1 aromatic heterocycles. The zero-order chi connectivity index (χ0) is 12.7. The topological polar surface area (TPSA) is 51.2 Å². The maximum Gasteiger partial charge on any atom is 0.309 e. The Bertz CT molecular complexity index is 327. The second-order valence-corrected chi connectivity index (χ2v) is 4.82. The van der Waals surface area contributed by atoms with Gasteiger partial charge < -0.3 is 10.1 Å². The van der Waals surface area contributed by atoms with Crippen LogP contribution in [-0.2, 0) is 9.53 Å². The van der Waals surface area contributed by atoms with Gasteiger partial charge in [-0.15, -0.1) is 11.3 Å². The number of ether oxygens (including phenoxy) is 1. The third-order valence-corrected chi connectivity index (χ3v) is 3.41. The lowest BCUT2D eigenvalue weighted by atomic mass is 10.1. The fourth-order valence-electron chi connectivity index (χ4n) is 1.50. The van der Waals surface area contributed by atoms with E-state index in [1.165, 1.54) is 0 Å². The molecule has 2 unspecified atom stereocenters. The van der Waals surface area contributed by atoms with Gasteiger partial charge in [-0.3, -0.25) is 4.79 Å². The van der Waals surface area contributed by atoms with E-state index in [9.17, 15) is 4.79 Å². The Hall–Kier alpha value is -0.940. The van der Waals surface area contributed by atoms with Crippen molar-refractivity contribution < 1.29 is 9.53 Å². The van der Waals surface area contributed by atoms with Crippen molar-refractivity contribution in [3.8, 4) is 0 Å². The molecule has 0 fully saturated rings. The molecule has 96 valence electrons. The van der Waals surface area contributed by atoms with Crippen LogP contribution in [0.15, 0.2) is 11.6 Å². The molecule has 0 bridgehead atoms. The number of carbonyl (C=O) groups is 1. The number of nitrogens with one attached hydrogen (secondary N) is 1. The maximum atomic E-state index is 11.5. The van der Waals surface area contributed by atoms with E-state index in [0.29, 0.717) is 13.2 Å². The van der Waals surface area contributed by atoms with Crippen LogP contribution in [0.25, 0.3) is 0 Å². The monoisotopic (exact) mass is 256 g/mol. The van der Waals surface area contributed by atoms with Crippen molar-refractivity contribution in [2.24, 2.45) is 5.92 Å². The molecule has 17 heavy (non-hydrogen) atoms. The van der Waals surface area contributed by atoms with Crippen LogP contribution in [0, 0.1) is 5.92 Å². The molecule has 1 aromatic rings. The van der Waals surface area contributed by atoms with Crippen molar-refractivity contribution in [3.05, 3.63) is 16.6 Å². The zero-order valence-corrected chi connectivity index (χ0v) is 11.4. The molecule has 0 amide bonds. The van der Waals surface area contributed by atoms with Crippen molar-refractivity contribution in [3.63, 3.8) is 0 Å². The van der Waals surface area contributed by atoms with Gasteiger partial charge in [-0.05, 0) is 13.3 Å². The molecule has 1 heterocycles. The van der Waals surface area contributed by atoms with Crippen molar-refractivity contribution in [2.75, 3.05) is 13.2 Å². The third kappa shape index (κ3) is 4.44. The molecule has 0 radical (unpaired) electrons. The molecular formula is C12H20N2O2S. The van der Waals surface area contributed by atoms with Crippen LogP contribution < -0.4 is 5.32 Å². The predicted molar refractivity (Wildman–Crippen MR) is 68.9 cm³/mol. The van der Waals surface area contributed by atoms with E-state index in [0.717, 1.165) is 11.4 Å². The van der Waals surface area contributed by atoms with Gasteiger partial charge in [-0.2, -0.15) is 0 Å². The molecule has 0 saturated heterocycles. The number of rotatable bonds is 7. The number of nitrogens with zero attached hydrogens (tertiary/aromatic N) is 1. The van der Waals surface area contributed by atoms with Crippen molar-refractivity contribution in [2.45, 2.75) is 33.2 Å². The summed E-state index contributed by atoms with van der Waals surface area (Å²) in [6.45, 7) is 6.86. The Balaban J connectivity index is 2.40. The molecule has 5 heteroatoms. The van der Waals surface area contributed by atoms with E-state index in [1.807, 2.05) is 19.2 Å². The zero-order valence-electron chi connectivity index (χ0n) is 10.6. The van der Waals surface area contributed by atoms with Crippen LogP contribution >= 0.6 is 11.3 Å². The molecule has 4 nitrogen and oxygen atoms in total. The number of hydrogen-bond acceptors (Lipinski definition) is 5. The van der Waals surface area contributed by atoms with E-state index >= 15 is 0 Å². The summed E-state index contributed by atoms with van der Waals surface area (Å²) in [6, 6.07) is 0.229. The van der Waals surface area contributed by atoms with E-state index < -0.39 is 0 Å². The van der Waals surface area contributed by atoms with Crippen LogP contribution in [0.4, 0.5) is 0 Å². The number of thiazole rings is 1. The highest BCUT2D eigenvalue weighted by atomic mass is 32.1. The summed E-state index contributed by atoms with van der Waals surface area (Å²) >= 11 is 1.64. The lowest BCUT2D eigenvalue weighted by molar-refractivity contribution is -0.147. The van der Waals surface area contributed by atoms with Crippen LogP contribution in [0.5, 0.6) is 0 Å². The summed E-state index contributed by atoms with van der Waals surface area (Å²) in [5, 5.41) is 6.40. The summed E-state index contributed by atoms with van der Waals surface area (Å²) in [5.74, 6) is -0.266. The number of esters is 1. The van der Waals surface area contributed by atoms with E-state index in [-0.39, 0.29) is 17.9 Å². The molecule has 0 aromatic carbocycles. The molecule has 0 aliphatic carbocycles. The van der Waals surface area contributed by atoms with Gasteiger partial charge in [0.15, 0.2) is 0 Å². The van der Waals surface area contributed by atoms with Gasteiger partial charge in [-0.25, -0.2) is 4.98 Å². The maximum absolute atomic E-state index is 11.5. The standard InChI is InChI=1S/C12H20N2O2S/c1-4-10(11-13-6-7-17-11)14-8-9(3)12(15)16-5-2/h6-7,9-10,14H,4-5,8H2,1-3H3. The summed E-state index contributed by atoms with van der Waals surface area (Å²) < 4.78 is 4.97. The summed E-state index contributed by atoms with van der Waals surface area (Å²) in [7, 11) is 0. The molecule has 1 rings (SSSR count). The Kier molecular flexibility index (Phi) is 6.15. The Morgan fingerprint density at radius 1 is 1.59 bits per heavy atom. The molecule has 0 aliphatic rings. The normalized spacial score (nSPS) is 14.3. The minimum atomic E-state index is -0.144. The smallest absolute Gasteiger partial charge is 0.309 e. The van der Waals surface area contributed by atoms with Gasteiger partial charge in [0.05, 0.1) is 18.6 Å². The van der Waals surface area contributed by atoms with E-state index in [1.54, 1.807) is 17.5 Å². The average molecular weight is 256 g/mol.